The Morgan fingerprint density at radius 3 is 2.52 bits per heavy atom. The van der Waals surface area contributed by atoms with Gasteiger partial charge in [-0.2, -0.15) is 5.26 Å². The van der Waals surface area contributed by atoms with Crippen LogP contribution < -0.4 is 10.9 Å². The molecular weight excluding hydrogens is 290 g/mol. The highest BCUT2D eigenvalue weighted by Crippen LogP contribution is 2.17. The van der Waals surface area contributed by atoms with Crippen molar-refractivity contribution in [2.24, 2.45) is 5.92 Å². The van der Waals surface area contributed by atoms with Crippen LogP contribution in [0.2, 0.25) is 0 Å². The molecule has 0 atom stereocenters. The molecule has 2 aromatic rings. The van der Waals surface area contributed by atoms with Crippen LogP contribution in [0.3, 0.4) is 0 Å². The first-order chi connectivity index (χ1) is 11.0. The molecule has 118 valence electrons. The van der Waals surface area contributed by atoms with Crippen molar-refractivity contribution in [1.82, 2.24) is 9.88 Å². The topological polar surface area (TPSA) is 74.9 Å². The Morgan fingerprint density at radius 1 is 1.22 bits per heavy atom. The summed E-state index contributed by atoms with van der Waals surface area (Å²) in [5.74, 6) is 0.0859. The standard InChI is InChI=1S/C18H19N3O2/c1-13(2)11-20-17(22)12-21-16(14-6-4-3-5-7-14)9-8-15(10-19)18(21)23/h3-9,13H,11-12H2,1-2H3,(H,20,22). The van der Waals surface area contributed by atoms with Crippen molar-refractivity contribution in [3.05, 3.63) is 58.4 Å². The van der Waals surface area contributed by atoms with Crippen LogP contribution in [0.5, 0.6) is 0 Å². The molecule has 1 amide bonds. The molecule has 0 spiro atoms. The van der Waals surface area contributed by atoms with Crippen LogP contribution in [0.25, 0.3) is 11.3 Å². The van der Waals surface area contributed by atoms with Crippen LogP contribution in [0.4, 0.5) is 0 Å². The Balaban J connectivity index is 2.41. The highest BCUT2D eigenvalue weighted by Gasteiger charge is 2.13. The summed E-state index contributed by atoms with van der Waals surface area (Å²) in [4.78, 5) is 24.5. The van der Waals surface area contributed by atoms with Crippen LogP contribution in [0.1, 0.15) is 19.4 Å². The smallest absolute Gasteiger partial charge is 0.269 e. The van der Waals surface area contributed by atoms with E-state index in [-0.39, 0.29) is 18.0 Å². The van der Waals surface area contributed by atoms with Gasteiger partial charge in [0, 0.05) is 6.54 Å². The van der Waals surface area contributed by atoms with E-state index in [9.17, 15) is 9.59 Å². The summed E-state index contributed by atoms with van der Waals surface area (Å²) in [7, 11) is 0. The van der Waals surface area contributed by atoms with Crippen LogP contribution in [0, 0.1) is 17.2 Å². The Bertz CT molecular complexity index is 786. The van der Waals surface area contributed by atoms with Crippen molar-refractivity contribution in [2.75, 3.05) is 6.54 Å². The molecule has 1 heterocycles. The Hall–Kier alpha value is -2.87. The maximum atomic E-state index is 12.4. The first kappa shape index (κ1) is 16.5. The van der Waals surface area contributed by atoms with Crippen LogP contribution in [-0.2, 0) is 11.3 Å². The van der Waals surface area contributed by atoms with Gasteiger partial charge in [0.05, 0.1) is 5.69 Å². The van der Waals surface area contributed by atoms with E-state index >= 15 is 0 Å². The SMILES string of the molecule is CC(C)CNC(=O)Cn1c(-c2ccccc2)ccc(C#N)c1=O. The zero-order valence-corrected chi connectivity index (χ0v) is 13.2. The van der Waals surface area contributed by atoms with Crippen molar-refractivity contribution in [1.29, 1.82) is 5.26 Å². The third-order valence-electron chi connectivity index (χ3n) is 3.37. The lowest BCUT2D eigenvalue weighted by Gasteiger charge is -2.14. The molecule has 0 aliphatic rings. The molecule has 0 saturated carbocycles. The zero-order chi connectivity index (χ0) is 16.8. The Morgan fingerprint density at radius 2 is 1.91 bits per heavy atom. The van der Waals surface area contributed by atoms with E-state index in [2.05, 4.69) is 5.32 Å². The van der Waals surface area contributed by atoms with Crippen molar-refractivity contribution in [3.63, 3.8) is 0 Å². The molecule has 5 nitrogen and oxygen atoms in total. The number of carbonyl (C=O) groups is 1. The molecule has 0 fully saturated rings. The summed E-state index contributed by atoms with van der Waals surface area (Å²) in [6.07, 6.45) is 0. The van der Waals surface area contributed by atoms with E-state index in [1.165, 1.54) is 10.6 Å². The molecule has 0 aliphatic heterocycles. The molecule has 1 aromatic carbocycles. The number of rotatable bonds is 5. The average Bonchev–Trinajstić information content (AvgIpc) is 2.55. The fourth-order valence-corrected chi connectivity index (χ4v) is 2.20. The normalized spacial score (nSPS) is 10.3. The lowest BCUT2D eigenvalue weighted by atomic mass is 10.1. The number of benzene rings is 1. The second kappa shape index (κ2) is 7.41. The maximum absolute atomic E-state index is 12.4. The molecule has 0 aliphatic carbocycles. The van der Waals surface area contributed by atoms with Gasteiger partial charge >= 0.3 is 0 Å². The van der Waals surface area contributed by atoms with Crippen molar-refractivity contribution < 1.29 is 4.79 Å². The number of aromatic nitrogens is 1. The Labute approximate surface area is 135 Å². The summed E-state index contributed by atoms with van der Waals surface area (Å²) in [5, 5.41) is 11.8. The first-order valence-corrected chi connectivity index (χ1v) is 7.49. The number of hydrogen-bond donors (Lipinski definition) is 1. The molecule has 0 saturated heterocycles. The van der Waals surface area contributed by atoms with E-state index in [0.717, 1.165) is 5.56 Å². The quantitative estimate of drug-likeness (QED) is 0.919. The summed E-state index contributed by atoms with van der Waals surface area (Å²) in [5.41, 5.74) is 1.02. The molecule has 1 N–H and O–H groups in total. The van der Waals surface area contributed by atoms with Gasteiger partial charge in [0.15, 0.2) is 0 Å². The van der Waals surface area contributed by atoms with Gasteiger partial charge in [0.1, 0.15) is 18.2 Å². The van der Waals surface area contributed by atoms with E-state index in [0.29, 0.717) is 18.2 Å². The van der Waals surface area contributed by atoms with Gasteiger partial charge in [0.25, 0.3) is 5.56 Å². The molecule has 23 heavy (non-hydrogen) atoms. The van der Waals surface area contributed by atoms with Crippen molar-refractivity contribution >= 4 is 5.91 Å². The number of hydrogen-bond acceptors (Lipinski definition) is 3. The summed E-state index contributed by atoms with van der Waals surface area (Å²) < 4.78 is 1.35. The minimum Gasteiger partial charge on any atom is -0.354 e. The van der Waals surface area contributed by atoms with Crippen LogP contribution in [-0.4, -0.2) is 17.0 Å². The van der Waals surface area contributed by atoms with Gasteiger partial charge in [0.2, 0.25) is 5.91 Å². The molecule has 2 rings (SSSR count). The van der Waals surface area contributed by atoms with Gasteiger partial charge in [-0.25, -0.2) is 0 Å². The van der Waals surface area contributed by atoms with Crippen LogP contribution >= 0.6 is 0 Å². The van der Waals surface area contributed by atoms with Crippen molar-refractivity contribution in [3.8, 4) is 17.3 Å². The molecule has 1 aromatic heterocycles. The van der Waals surface area contributed by atoms with E-state index in [1.54, 1.807) is 6.07 Å². The predicted molar refractivity (Wildman–Crippen MR) is 88.7 cm³/mol. The van der Waals surface area contributed by atoms with E-state index in [4.69, 9.17) is 5.26 Å². The van der Waals surface area contributed by atoms with Crippen molar-refractivity contribution in [2.45, 2.75) is 20.4 Å². The van der Waals surface area contributed by atoms with Gasteiger partial charge in [-0.1, -0.05) is 44.2 Å². The number of carbonyl (C=O) groups excluding carboxylic acids is 1. The highest BCUT2D eigenvalue weighted by atomic mass is 16.2. The number of amides is 1. The minimum absolute atomic E-state index is 0.0290. The number of pyridine rings is 1. The van der Waals surface area contributed by atoms with Gasteiger partial charge in [-0.15, -0.1) is 0 Å². The molecule has 0 unspecified atom stereocenters. The lowest BCUT2D eigenvalue weighted by Crippen LogP contribution is -2.35. The van der Waals surface area contributed by atoms with Crippen LogP contribution in [0.15, 0.2) is 47.3 Å². The average molecular weight is 309 g/mol. The molecule has 0 bridgehead atoms. The number of nitrogens with zero attached hydrogens (tertiary/aromatic N) is 2. The summed E-state index contributed by atoms with van der Waals surface area (Å²) in [6.45, 7) is 4.44. The Kier molecular flexibility index (Phi) is 5.32. The third kappa shape index (κ3) is 4.07. The monoisotopic (exact) mass is 309 g/mol. The first-order valence-electron chi connectivity index (χ1n) is 7.49. The number of nitrogens with one attached hydrogen (secondary N) is 1. The zero-order valence-electron chi connectivity index (χ0n) is 13.2. The third-order valence-corrected chi connectivity index (χ3v) is 3.37. The fraction of sp³-hybridized carbons (Fsp3) is 0.278. The highest BCUT2D eigenvalue weighted by molar-refractivity contribution is 5.76. The second-order valence-corrected chi connectivity index (χ2v) is 5.70. The largest absolute Gasteiger partial charge is 0.354 e. The predicted octanol–water partition coefficient (Wildman–Crippen LogP) is 2.16. The second-order valence-electron chi connectivity index (χ2n) is 5.70. The molecule has 0 radical (unpaired) electrons. The molecule has 5 heteroatoms. The van der Waals surface area contributed by atoms with Gasteiger partial charge in [-0.3, -0.25) is 14.2 Å². The lowest BCUT2D eigenvalue weighted by molar-refractivity contribution is -0.121. The fourth-order valence-electron chi connectivity index (χ4n) is 2.20. The van der Waals surface area contributed by atoms with Gasteiger partial charge in [-0.05, 0) is 23.6 Å². The van der Waals surface area contributed by atoms with Gasteiger partial charge < -0.3 is 5.32 Å². The summed E-state index contributed by atoms with van der Waals surface area (Å²) in [6, 6.07) is 14.4. The maximum Gasteiger partial charge on any atom is 0.269 e. The minimum atomic E-state index is -0.450. The van der Waals surface area contributed by atoms with E-state index in [1.807, 2.05) is 50.2 Å². The summed E-state index contributed by atoms with van der Waals surface area (Å²) >= 11 is 0. The van der Waals surface area contributed by atoms with E-state index < -0.39 is 5.56 Å². The number of nitriles is 1. The molecular formula is C18H19N3O2.